The van der Waals surface area contributed by atoms with Crippen molar-refractivity contribution in [3.05, 3.63) is 76.8 Å². The fraction of sp³-hybridized carbons (Fsp3) is 0.273. The molecule has 0 bridgehead atoms. The molecule has 8 heteroatoms. The molecule has 1 fully saturated rings. The molecule has 0 saturated heterocycles. The maximum Gasteiger partial charge on any atom is 0.258 e. The van der Waals surface area contributed by atoms with E-state index in [2.05, 4.69) is 15.1 Å². The lowest BCUT2D eigenvalue weighted by atomic mass is 9.75. The van der Waals surface area contributed by atoms with Gasteiger partial charge in [0.1, 0.15) is 0 Å². The minimum absolute atomic E-state index is 0.0620. The van der Waals surface area contributed by atoms with Gasteiger partial charge in [-0.05, 0) is 18.2 Å². The number of hydrogen-bond donors (Lipinski definition) is 2. The summed E-state index contributed by atoms with van der Waals surface area (Å²) in [5.41, 5.74) is 0.527. The molecule has 1 amide bonds. The van der Waals surface area contributed by atoms with E-state index in [4.69, 9.17) is 6.57 Å². The van der Waals surface area contributed by atoms with Gasteiger partial charge in [-0.1, -0.05) is 12.1 Å². The minimum Gasteiger partial charge on any atom is -0.359 e. The molecule has 1 heterocycles. The molecular weight excluding hydrogens is 398 g/mol. The molecule has 2 N–H and O–H groups in total. The van der Waals surface area contributed by atoms with Gasteiger partial charge in [-0.3, -0.25) is 4.79 Å². The van der Waals surface area contributed by atoms with Gasteiger partial charge < -0.3 is 15.1 Å². The zero-order valence-electron chi connectivity index (χ0n) is 15.7. The van der Waals surface area contributed by atoms with Crippen LogP contribution >= 0.6 is 0 Å². The van der Waals surface area contributed by atoms with Gasteiger partial charge >= 0.3 is 0 Å². The third-order valence-electron chi connectivity index (χ3n) is 5.68. The summed E-state index contributed by atoms with van der Waals surface area (Å²) in [4.78, 5) is 19.0. The number of hydrogen-bond acceptors (Lipinski definition) is 1. The van der Waals surface area contributed by atoms with Gasteiger partial charge in [0.25, 0.3) is 11.4 Å². The Kier molecular flexibility index (Phi) is 4.77. The van der Waals surface area contributed by atoms with E-state index >= 15 is 0 Å². The van der Waals surface area contributed by atoms with Crippen molar-refractivity contribution < 1.29 is 22.4 Å². The zero-order chi connectivity index (χ0) is 21.5. The van der Waals surface area contributed by atoms with Crippen LogP contribution in [-0.2, 0) is 5.54 Å². The molecule has 1 aliphatic rings. The SMILES string of the molecule is [C-]#[N+]C1(c2ccc(C(=O)Nc3c[nH]c4cc(F)c(F)cc34)cc2)CCC(F)(F)CC1. The molecule has 30 heavy (non-hydrogen) atoms. The third-order valence-corrected chi connectivity index (χ3v) is 5.68. The number of amides is 1. The average Bonchev–Trinajstić information content (AvgIpc) is 3.10. The van der Waals surface area contributed by atoms with Crippen LogP contribution in [-0.4, -0.2) is 16.8 Å². The molecule has 1 aromatic heterocycles. The highest BCUT2D eigenvalue weighted by Crippen LogP contribution is 2.46. The van der Waals surface area contributed by atoms with E-state index in [-0.39, 0.29) is 31.2 Å². The van der Waals surface area contributed by atoms with E-state index in [0.717, 1.165) is 12.1 Å². The van der Waals surface area contributed by atoms with E-state index in [0.29, 0.717) is 22.2 Å². The summed E-state index contributed by atoms with van der Waals surface area (Å²) in [6.07, 6.45) is 0.885. The van der Waals surface area contributed by atoms with Crippen molar-refractivity contribution >= 4 is 22.5 Å². The largest absolute Gasteiger partial charge is 0.359 e. The molecule has 1 saturated carbocycles. The van der Waals surface area contributed by atoms with E-state index < -0.39 is 29.0 Å². The van der Waals surface area contributed by atoms with Crippen LogP contribution < -0.4 is 5.32 Å². The number of aromatic nitrogens is 1. The molecule has 1 aliphatic carbocycles. The van der Waals surface area contributed by atoms with Crippen molar-refractivity contribution in [2.24, 2.45) is 0 Å². The lowest BCUT2D eigenvalue weighted by Gasteiger charge is -2.31. The van der Waals surface area contributed by atoms with Gasteiger partial charge in [-0.25, -0.2) is 24.1 Å². The smallest absolute Gasteiger partial charge is 0.258 e. The number of rotatable bonds is 3. The van der Waals surface area contributed by atoms with Crippen LogP contribution in [0.5, 0.6) is 0 Å². The van der Waals surface area contributed by atoms with Gasteiger partial charge in [0.2, 0.25) is 5.92 Å². The average molecular weight is 415 g/mol. The standard InChI is InChI=1S/C22H17F4N3O/c1-27-21(6-8-22(25,26)9-7-21)14-4-2-13(3-5-14)20(30)29-19-12-28-18-11-17(24)16(23)10-15(18)19/h2-5,10-12,28H,6-9H2,(H,29,30). The van der Waals surface area contributed by atoms with Crippen molar-refractivity contribution in [1.82, 2.24) is 4.98 Å². The maximum absolute atomic E-state index is 13.5. The first-order valence-corrected chi connectivity index (χ1v) is 9.37. The van der Waals surface area contributed by atoms with Crippen LogP contribution in [0.2, 0.25) is 0 Å². The maximum atomic E-state index is 13.5. The summed E-state index contributed by atoms with van der Waals surface area (Å²) in [7, 11) is 0. The number of carbonyl (C=O) groups excluding carboxylic acids is 1. The Balaban J connectivity index is 1.54. The van der Waals surface area contributed by atoms with Crippen molar-refractivity contribution in [3.63, 3.8) is 0 Å². The summed E-state index contributed by atoms with van der Waals surface area (Å²) >= 11 is 0. The normalized spacial score (nSPS) is 17.4. The number of benzene rings is 2. The number of anilines is 1. The topological polar surface area (TPSA) is 49.2 Å². The first-order chi connectivity index (χ1) is 14.2. The predicted octanol–water partition coefficient (Wildman–Crippen LogP) is 6.02. The number of fused-ring (bicyclic) bond motifs is 1. The van der Waals surface area contributed by atoms with Crippen LogP contribution in [0.4, 0.5) is 23.2 Å². The Morgan fingerprint density at radius 1 is 1.03 bits per heavy atom. The van der Waals surface area contributed by atoms with Crippen molar-refractivity contribution in [2.75, 3.05) is 5.32 Å². The zero-order valence-corrected chi connectivity index (χ0v) is 15.7. The fourth-order valence-corrected chi connectivity index (χ4v) is 3.84. The Labute approximate surface area is 169 Å². The molecular formula is C22H17F4N3O. The van der Waals surface area contributed by atoms with Crippen molar-refractivity contribution in [3.8, 4) is 0 Å². The van der Waals surface area contributed by atoms with Crippen LogP contribution in [0.25, 0.3) is 15.7 Å². The lowest BCUT2D eigenvalue weighted by molar-refractivity contribution is -0.0465. The van der Waals surface area contributed by atoms with E-state index in [1.807, 2.05) is 0 Å². The van der Waals surface area contributed by atoms with Crippen molar-refractivity contribution in [1.29, 1.82) is 0 Å². The molecule has 3 aromatic rings. The number of aromatic amines is 1. The Bertz CT molecular complexity index is 1150. The summed E-state index contributed by atoms with van der Waals surface area (Å²) in [6.45, 7) is 7.53. The summed E-state index contributed by atoms with van der Waals surface area (Å²) < 4.78 is 53.9. The molecule has 2 aromatic carbocycles. The van der Waals surface area contributed by atoms with Crippen LogP contribution in [0, 0.1) is 18.2 Å². The second-order valence-corrected chi connectivity index (χ2v) is 7.55. The molecule has 154 valence electrons. The second kappa shape index (κ2) is 7.17. The van der Waals surface area contributed by atoms with Crippen molar-refractivity contribution in [2.45, 2.75) is 37.1 Å². The van der Waals surface area contributed by atoms with Crippen LogP contribution in [0.15, 0.2) is 42.6 Å². The number of halogens is 4. The van der Waals surface area contributed by atoms with E-state index in [9.17, 15) is 22.4 Å². The number of alkyl halides is 2. The molecule has 0 radical (unpaired) electrons. The van der Waals surface area contributed by atoms with E-state index in [1.165, 1.54) is 18.3 Å². The third kappa shape index (κ3) is 3.52. The molecule has 4 rings (SSSR count). The highest BCUT2D eigenvalue weighted by Gasteiger charge is 2.49. The first-order valence-electron chi connectivity index (χ1n) is 9.37. The number of carbonyl (C=O) groups is 1. The fourth-order valence-electron chi connectivity index (χ4n) is 3.84. The van der Waals surface area contributed by atoms with Gasteiger partial charge in [0, 0.05) is 54.5 Å². The predicted molar refractivity (Wildman–Crippen MR) is 104 cm³/mol. The van der Waals surface area contributed by atoms with Gasteiger partial charge in [-0.15, -0.1) is 0 Å². The molecule has 0 unspecified atom stereocenters. The Morgan fingerprint density at radius 2 is 1.67 bits per heavy atom. The lowest BCUT2D eigenvalue weighted by Crippen LogP contribution is -2.34. The molecule has 0 aliphatic heterocycles. The second-order valence-electron chi connectivity index (χ2n) is 7.55. The quantitative estimate of drug-likeness (QED) is 0.399. The summed E-state index contributed by atoms with van der Waals surface area (Å²) in [6, 6.07) is 8.28. The van der Waals surface area contributed by atoms with Crippen LogP contribution in [0.1, 0.15) is 41.6 Å². The van der Waals surface area contributed by atoms with Gasteiger partial charge in [0.15, 0.2) is 11.6 Å². The van der Waals surface area contributed by atoms with Crippen LogP contribution in [0.3, 0.4) is 0 Å². The highest BCUT2D eigenvalue weighted by atomic mass is 19.3. The Hall–Kier alpha value is -3.34. The number of nitrogens with one attached hydrogen (secondary N) is 2. The molecule has 0 atom stereocenters. The van der Waals surface area contributed by atoms with Gasteiger partial charge in [-0.2, -0.15) is 0 Å². The summed E-state index contributed by atoms with van der Waals surface area (Å²) in [5.74, 6) is -5.23. The summed E-state index contributed by atoms with van der Waals surface area (Å²) in [5, 5.41) is 2.97. The minimum atomic E-state index is -2.74. The number of nitrogens with zero attached hydrogens (tertiary/aromatic N) is 1. The molecule has 0 spiro atoms. The monoisotopic (exact) mass is 415 g/mol. The van der Waals surface area contributed by atoms with Gasteiger partial charge in [0.05, 0.1) is 11.2 Å². The molecule has 4 nitrogen and oxygen atoms in total. The first kappa shape index (κ1) is 20.0. The Morgan fingerprint density at radius 3 is 2.30 bits per heavy atom. The highest BCUT2D eigenvalue weighted by molar-refractivity contribution is 6.09. The number of H-pyrrole nitrogens is 1. The van der Waals surface area contributed by atoms with E-state index in [1.54, 1.807) is 12.1 Å².